The average Bonchev–Trinajstić information content (AvgIpc) is 3.42. The Hall–Kier alpha value is -1.79. The number of hydrogen-bond acceptors (Lipinski definition) is 4. The van der Waals surface area contributed by atoms with E-state index in [9.17, 15) is 9.59 Å². The van der Waals surface area contributed by atoms with Crippen molar-refractivity contribution < 1.29 is 14.3 Å². The third-order valence-corrected chi connectivity index (χ3v) is 4.52. The lowest BCUT2D eigenvalue weighted by Crippen LogP contribution is -2.46. The standard InChI is InChI=1S/C18H32N4O3/c1-3-19-18(20-11-5-6-16(23)21-15-7-8-15)22-12-9-14(10-13-22)17(24)25-4-2/h14-15H,3-13H2,1-2H3,(H,19,20)(H,21,23). The van der Waals surface area contributed by atoms with Gasteiger partial charge < -0.3 is 20.3 Å². The van der Waals surface area contributed by atoms with E-state index in [2.05, 4.69) is 20.5 Å². The summed E-state index contributed by atoms with van der Waals surface area (Å²) in [6.45, 7) is 7.38. The Bertz CT molecular complexity index is 469. The van der Waals surface area contributed by atoms with Crippen LogP contribution in [0.4, 0.5) is 0 Å². The summed E-state index contributed by atoms with van der Waals surface area (Å²) in [5.74, 6) is 0.946. The van der Waals surface area contributed by atoms with Crippen LogP contribution in [-0.2, 0) is 14.3 Å². The van der Waals surface area contributed by atoms with Crippen LogP contribution in [0.1, 0.15) is 52.4 Å². The van der Waals surface area contributed by atoms with Gasteiger partial charge in [0.25, 0.3) is 0 Å². The van der Waals surface area contributed by atoms with Gasteiger partial charge in [-0.05, 0) is 46.0 Å². The van der Waals surface area contributed by atoms with E-state index in [0.717, 1.165) is 57.7 Å². The van der Waals surface area contributed by atoms with Crippen molar-refractivity contribution in [1.29, 1.82) is 0 Å². The molecule has 1 saturated heterocycles. The smallest absolute Gasteiger partial charge is 0.309 e. The largest absolute Gasteiger partial charge is 0.466 e. The number of likely N-dealkylation sites (tertiary alicyclic amines) is 1. The number of guanidine groups is 1. The number of aliphatic imine (C=N–C) groups is 1. The molecule has 0 spiro atoms. The molecule has 2 fully saturated rings. The van der Waals surface area contributed by atoms with Crippen molar-refractivity contribution in [3.05, 3.63) is 0 Å². The fourth-order valence-corrected chi connectivity index (χ4v) is 2.97. The molecule has 7 nitrogen and oxygen atoms in total. The number of amides is 1. The molecule has 1 saturated carbocycles. The molecule has 142 valence electrons. The Balaban J connectivity index is 1.73. The van der Waals surface area contributed by atoms with Crippen molar-refractivity contribution in [1.82, 2.24) is 15.5 Å². The highest BCUT2D eigenvalue weighted by Crippen LogP contribution is 2.19. The summed E-state index contributed by atoms with van der Waals surface area (Å²) in [5.41, 5.74) is 0. The van der Waals surface area contributed by atoms with Crippen molar-refractivity contribution in [2.75, 3.05) is 32.8 Å². The maximum Gasteiger partial charge on any atom is 0.309 e. The zero-order chi connectivity index (χ0) is 18.1. The second kappa shape index (κ2) is 10.3. The quantitative estimate of drug-likeness (QED) is 0.298. The van der Waals surface area contributed by atoms with Gasteiger partial charge in [0.15, 0.2) is 5.96 Å². The molecule has 2 aliphatic rings. The Kier molecular flexibility index (Phi) is 8.01. The molecule has 0 aromatic rings. The van der Waals surface area contributed by atoms with Gasteiger partial charge in [0.1, 0.15) is 0 Å². The average molecular weight is 352 g/mol. The second-order valence-electron chi connectivity index (χ2n) is 6.69. The van der Waals surface area contributed by atoms with Crippen LogP contribution in [0.15, 0.2) is 4.99 Å². The van der Waals surface area contributed by atoms with Crippen LogP contribution < -0.4 is 10.6 Å². The number of ether oxygens (including phenoxy) is 1. The summed E-state index contributed by atoms with van der Waals surface area (Å²) in [4.78, 5) is 30.4. The number of piperidine rings is 1. The first kappa shape index (κ1) is 19.5. The number of carbonyl (C=O) groups excluding carboxylic acids is 2. The van der Waals surface area contributed by atoms with E-state index in [4.69, 9.17) is 4.74 Å². The van der Waals surface area contributed by atoms with Crippen LogP contribution in [0.2, 0.25) is 0 Å². The van der Waals surface area contributed by atoms with Gasteiger partial charge in [0.2, 0.25) is 5.91 Å². The SMILES string of the molecule is CCNC(=NCCCC(=O)NC1CC1)N1CCC(C(=O)OCC)CC1. The predicted molar refractivity (Wildman–Crippen MR) is 97.3 cm³/mol. The number of esters is 1. The Morgan fingerprint density at radius 3 is 2.48 bits per heavy atom. The topological polar surface area (TPSA) is 83.0 Å². The highest BCUT2D eigenvalue weighted by molar-refractivity contribution is 5.81. The van der Waals surface area contributed by atoms with E-state index in [0.29, 0.717) is 25.6 Å². The van der Waals surface area contributed by atoms with E-state index in [1.807, 2.05) is 13.8 Å². The highest BCUT2D eigenvalue weighted by atomic mass is 16.5. The van der Waals surface area contributed by atoms with Crippen LogP contribution in [0, 0.1) is 5.92 Å². The van der Waals surface area contributed by atoms with Crippen LogP contribution in [0.5, 0.6) is 0 Å². The van der Waals surface area contributed by atoms with Gasteiger partial charge in [-0.2, -0.15) is 0 Å². The lowest BCUT2D eigenvalue weighted by molar-refractivity contribution is -0.149. The zero-order valence-corrected chi connectivity index (χ0v) is 15.6. The van der Waals surface area contributed by atoms with Crippen LogP contribution in [-0.4, -0.2) is 61.6 Å². The maximum atomic E-state index is 11.8. The summed E-state index contributed by atoms with van der Waals surface area (Å²) < 4.78 is 5.12. The molecule has 0 aromatic heterocycles. The van der Waals surface area contributed by atoms with Gasteiger partial charge in [-0.1, -0.05) is 0 Å². The van der Waals surface area contributed by atoms with Gasteiger partial charge in [0, 0.05) is 38.6 Å². The molecule has 2 N–H and O–H groups in total. The van der Waals surface area contributed by atoms with Crippen LogP contribution in [0.25, 0.3) is 0 Å². The third-order valence-electron chi connectivity index (χ3n) is 4.52. The third kappa shape index (κ3) is 6.92. The molecule has 1 amide bonds. The van der Waals surface area contributed by atoms with Crippen molar-refractivity contribution in [2.24, 2.45) is 10.9 Å². The molecule has 0 atom stereocenters. The first-order valence-electron chi connectivity index (χ1n) is 9.63. The molecular formula is C18H32N4O3. The van der Waals surface area contributed by atoms with Gasteiger partial charge in [-0.15, -0.1) is 0 Å². The first-order valence-corrected chi connectivity index (χ1v) is 9.63. The number of nitrogens with one attached hydrogen (secondary N) is 2. The molecule has 0 aromatic carbocycles. The summed E-state index contributed by atoms with van der Waals surface area (Å²) in [6, 6.07) is 0.425. The molecule has 1 heterocycles. The molecule has 0 radical (unpaired) electrons. The second-order valence-corrected chi connectivity index (χ2v) is 6.69. The molecule has 7 heteroatoms. The van der Waals surface area contributed by atoms with E-state index in [1.165, 1.54) is 0 Å². The molecule has 2 rings (SSSR count). The summed E-state index contributed by atoms with van der Waals surface area (Å²) >= 11 is 0. The molecular weight excluding hydrogens is 320 g/mol. The summed E-state index contributed by atoms with van der Waals surface area (Å²) in [7, 11) is 0. The lowest BCUT2D eigenvalue weighted by atomic mass is 9.97. The van der Waals surface area contributed by atoms with Crippen molar-refractivity contribution in [3.8, 4) is 0 Å². The Morgan fingerprint density at radius 2 is 1.88 bits per heavy atom. The minimum atomic E-state index is -0.0780. The molecule has 1 aliphatic carbocycles. The number of carbonyl (C=O) groups is 2. The van der Waals surface area contributed by atoms with E-state index < -0.39 is 0 Å². The van der Waals surface area contributed by atoms with Crippen molar-refractivity contribution >= 4 is 17.8 Å². The fourth-order valence-electron chi connectivity index (χ4n) is 2.97. The molecule has 0 unspecified atom stereocenters. The Labute approximate surface area is 150 Å². The number of hydrogen-bond donors (Lipinski definition) is 2. The van der Waals surface area contributed by atoms with Gasteiger partial charge in [-0.25, -0.2) is 0 Å². The van der Waals surface area contributed by atoms with E-state index in [-0.39, 0.29) is 17.8 Å². The van der Waals surface area contributed by atoms with Gasteiger partial charge >= 0.3 is 5.97 Å². The monoisotopic (exact) mass is 352 g/mol. The van der Waals surface area contributed by atoms with E-state index >= 15 is 0 Å². The number of rotatable bonds is 8. The van der Waals surface area contributed by atoms with Crippen LogP contribution >= 0.6 is 0 Å². The first-order chi connectivity index (χ1) is 12.1. The van der Waals surface area contributed by atoms with E-state index in [1.54, 1.807) is 0 Å². The van der Waals surface area contributed by atoms with Gasteiger partial charge in [0.05, 0.1) is 12.5 Å². The predicted octanol–water partition coefficient (Wildman–Crippen LogP) is 1.29. The number of nitrogens with zero attached hydrogens (tertiary/aromatic N) is 2. The zero-order valence-electron chi connectivity index (χ0n) is 15.6. The highest BCUT2D eigenvalue weighted by Gasteiger charge is 2.27. The molecule has 1 aliphatic heterocycles. The lowest BCUT2D eigenvalue weighted by Gasteiger charge is -2.33. The molecule has 0 bridgehead atoms. The van der Waals surface area contributed by atoms with Crippen molar-refractivity contribution in [2.45, 2.75) is 58.4 Å². The Morgan fingerprint density at radius 1 is 1.16 bits per heavy atom. The summed E-state index contributed by atoms with van der Waals surface area (Å²) in [5, 5.41) is 6.31. The summed E-state index contributed by atoms with van der Waals surface area (Å²) in [6.07, 6.45) is 5.13. The van der Waals surface area contributed by atoms with Crippen LogP contribution in [0.3, 0.4) is 0 Å². The van der Waals surface area contributed by atoms with Crippen molar-refractivity contribution in [3.63, 3.8) is 0 Å². The maximum absolute atomic E-state index is 11.8. The molecule has 25 heavy (non-hydrogen) atoms. The normalized spacial score (nSPS) is 18.8. The van der Waals surface area contributed by atoms with Gasteiger partial charge in [-0.3, -0.25) is 14.6 Å². The minimum absolute atomic E-state index is 0.00481. The fraction of sp³-hybridized carbons (Fsp3) is 0.833. The minimum Gasteiger partial charge on any atom is -0.466 e.